The average Bonchev–Trinajstić information content (AvgIpc) is 2.86. The molecule has 1 aromatic carbocycles. The number of hydrogen-bond donors (Lipinski definition) is 1. The Balaban J connectivity index is 2.10. The van der Waals surface area contributed by atoms with Gasteiger partial charge in [0, 0.05) is 19.3 Å². The van der Waals surface area contributed by atoms with Gasteiger partial charge < -0.3 is 5.32 Å². The molecule has 0 aliphatic rings. The van der Waals surface area contributed by atoms with Crippen molar-refractivity contribution in [2.45, 2.75) is 32.2 Å². The Labute approximate surface area is 130 Å². The first-order valence-electron chi connectivity index (χ1n) is 7.24. The van der Waals surface area contributed by atoms with Crippen molar-refractivity contribution in [1.82, 2.24) is 15.1 Å². The summed E-state index contributed by atoms with van der Waals surface area (Å²) in [7, 11) is 1.90. The van der Waals surface area contributed by atoms with Crippen LogP contribution in [0.4, 0.5) is 4.39 Å². The molecule has 0 radical (unpaired) electrons. The summed E-state index contributed by atoms with van der Waals surface area (Å²) < 4.78 is 15.8. The number of aromatic nitrogens is 2. The molecule has 1 atom stereocenters. The van der Waals surface area contributed by atoms with E-state index in [0.717, 1.165) is 24.9 Å². The van der Waals surface area contributed by atoms with Gasteiger partial charge in [-0.3, -0.25) is 4.68 Å². The largest absolute Gasteiger partial charge is 0.313 e. The second-order valence-electron chi connectivity index (χ2n) is 5.29. The zero-order valence-corrected chi connectivity index (χ0v) is 13.2. The molecule has 0 aliphatic heterocycles. The van der Waals surface area contributed by atoms with E-state index in [-0.39, 0.29) is 16.9 Å². The van der Waals surface area contributed by atoms with Crippen LogP contribution in [0.3, 0.4) is 0 Å². The molecule has 0 amide bonds. The third kappa shape index (κ3) is 4.55. The van der Waals surface area contributed by atoms with E-state index in [1.807, 2.05) is 19.4 Å². The Kier molecular flexibility index (Phi) is 5.76. The van der Waals surface area contributed by atoms with E-state index in [0.29, 0.717) is 12.0 Å². The van der Waals surface area contributed by atoms with Crippen molar-refractivity contribution in [3.05, 3.63) is 52.6 Å². The quantitative estimate of drug-likeness (QED) is 0.850. The lowest BCUT2D eigenvalue weighted by Crippen LogP contribution is -2.34. The molecule has 0 saturated heterocycles. The maximum Gasteiger partial charge on any atom is 0.145 e. The molecule has 0 fully saturated rings. The fourth-order valence-corrected chi connectivity index (χ4v) is 2.59. The fraction of sp³-hybridized carbons (Fsp3) is 0.438. The lowest BCUT2D eigenvalue weighted by atomic mass is 10.00. The molecule has 21 heavy (non-hydrogen) atoms. The van der Waals surface area contributed by atoms with E-state index in [1.54, 1.807) is 22.9 Å². The van der Waals surface area contributed by atoms with E-state index in [9.17, 15) is 4.39 Å². The second kappa shape index (κ2) is 7.57. The third-order valence-electron chi connectivity index (χ3n) is 3.42. The van der Waals surface area contributed by atoms with Gasteiger partial charge in [-0.05, 0) is 43.0 Å². The molecule has 0 aliphatic carbocycles. The van der Waals surface area contributed by atoms with Crippen molar-refractivity contribution in [2.24, 2.45) is 7.05 Å². The summed E-state index contributed by atoms with van der Waals surface area (Å²) in [4.78, 5) is 0. The lowest BCUT2D eigenvalue weighted by Gasteiger charge is -2.18. The van der Waals surface area contributed by atoms with E-state index >= 15 is 0 Å². The molecule has 2 aromatic rings. The van der Waals surface area contributed by atoms with Gasteiger partial charge in [-0.1, -0.05) is 30.7 Å². The molecule has 3 nitrogen and oxygen atoms in total. The molecule has 1 N–H and O–H groups in total. The number of nitrogens with one attached hydrogen (secondary N) is 1. The van der Waals surface area contributed by atoms with Crippen LogP contribution in [0.5, 0.6) is 0 Å². The Morgan fingerprint density at radius 2 is 2.19 bits per heavy atom. The van der Waals surface area contributed by atoms with Gasteiger partial charge >= 0.3 is 0 Å². The highest BCUT2D eigenvalue weighted by Gasteiger charge is 2.15. The zero-order valence-electron chi connectivity index (χ0n) is 12.4. The number of halogens is 2. The monoisotopic (exact) mass is 309 g/mol. The topological polar surface area (TPSA) is 29.9 Å². The van der Waals surface area contributed by atoms with E-state index in [1.165, 1.54) is 0 Å². The van der Waals surface area contributed by atoms with Gasteiger partial charge in [0.25, 0.3) is 0 Å². The second-order valence-corrected chi connectivity index (χ2v) is 5.70. The highest BCUT2D eigenvalue weighted by Crippen LogP contribution is 2.20. The van der Waals surface area contributed by atoms with Gasteiger partial charge in [0.2, 0.25) is 0 Å². The van der Waals surface area contributed by atoms with Crippen molar-refractivity contribution in [3.63, 3.8) is 0 Å². The maximum atomic E-state index is 14.1. The minimum atomic E-state index is -0.311. The van der Waals surface area contributed by atoms with Gasteiger partial charge in [-0.15, -0.1) is 0 Å². The molecular weight excluding hydrogens is 289 g/mol. The van der Waals surface area contributed by atoms with Crippen LogP contribution in [0.1, 0.15) is 24.5 Å². The standard InChI is InChI=1S/C16H21ClFN3/c1-3-7-19-14(8-12-10-20-21(2)11-12)9-13-5-4-6-15(17)16(13)18/h4-6,10-11,14,19H,3,7-9H2,1-2H3. The first-order chi connectivity index (χ1) is 10.1. The average molecular weight is 310 g/mol. The number of benzene rings is 1. The summed E-state index contributed by atoms with van der Waals surface area (Å²) in [5.74, 6) is -0.311. The van der Waals surface area contributed by atoms with Gasteiger partial charge in [0.1, 0.15) is 5.82 Å². The first-order valence-corrected chi connectivity index (χ1v) is 7.61. The van der Waals surface area contributed by atoms with Crippen LogP contribution in [-0.2, 0) is 19.9 Å². The van der Waals surface area contributed by atoms with Crippen LogP contribution in [0.15, 0.2) is 30.6 Å². The smallest absolute Gasteiger partial charge is 0.145 e. The minimum absolute atomic E-state index is 0.169. The molecule has 0 bridgehead atoms. The normalized spacial score (nSPS) is 12.6. The summed E-state index contributed by atoms with van der Waals surface area (Å²) >= 11 is 5.86. The van der Waals surface area contributed by atoms with Crippen LogP contribution in [-0.4, -0.2) is 22.4 Å². The van der Waals surface area contributed by atoms with E-state index in [4.69, 9.17) is 11.6 Å². The zero-order chi connectivity index (χ0) is 15.2. The van der Waals surface area contributed by atoms with Crippen molar-refractivity contribution < 1.29 is 4.39 Å². The molecule has 0 saturated carbocycles. The summed E-state index contributed by atoms with van der Waals surface area (Å²) in [5, 5.41) is 7.84. The molecule has 1 heterocycles. The van der Waals surface area contributed by atoms with Crippen LogP contribution < -0.4 is 5.32 Å². The Morgan fingerprint density at radius 1 is 1.38 bits per heavy atom. The summed E-state index contributed by atoms with van der Waals surface area (Å²) in [5.41, 5.74) is 1.80. The molecule has 0 spiro atoms. The van der Waals surface area contributed by atoms with Crippen LogP contribution >= 0.6 is 11.6 Å². The van der Waals surface area contributed by atoms with E-state index in [2.05, 4.69) is 17.3 Å². The predicted octanol–water partition coefficient (Wildman–Crippen LogP) is 3.37. The molecule has 2 rings (SSSR count). The predicted molar refractivity (Wildman–Crippen MR) is 84.1 cm³/mol. The third-order valence-corrected chi connectivity index (χ3v) is 3.71. The van der Waals surface area contributed by atoms with Crippen molar-refractivity contribution in [2.75, 3.05) is 6.54 Å². The molecular formula is C16H21ClFN3. The molecule has 1 unspecified atom stereocenters. The van der Waals surface area contributed by atoms with Crippen molar-refractivity contribution >= 4 is 11.6 Å². The van der Waals surface area contributed by atoms with Gasteiger partial charge in [0.05, 0.1) is 11.2 Å². The Bertz CT molecular complexity index is 583. The van der Waals surface area contributed by atoms with E-state index < -0.39 is 0 Å². The SMILES string of the molecule is CCCNC(Cc1cnn(C)c1)Cc1cccc(Cl)c1F. The lowest BCUT2D eigenvalue weighted by molar-refractivity contribution is 0.492. The van der Waals surface area contributed by atoms with Crippen LogP contribution in [0, 0.1) is 5.82 Å². The van der Waals surface area contributed by atoms with Gasteiger partial charge in [-0.2, -0.15) is 5.10 Å². The first kappa shape index (κ1) is 16.0. The molecule has 5 heteroatoms. The highest BCUT2D eigenvalue weighted by molar-refractivity contribution is 6.30. The van der Waals surface area contributed by atoms with Crippen LogP contribution in [0.25, 0.3) is 0 Å². The highest BCUT2D eigenvalue weighted by atomic mass is 35.5. The Hall–Kier alpha value is -1.39. The van der Waals surface area contributed by atoms with Gasteiger partial charge in [0.15, 0.2) is 0 Å². The molecule has 1 aromatic heterocycles. The minimum Gasteiger partial charge on any atom is -0.313 e. The summed E-state index contributed by atoms with van der Waals surface area (Å²) in [6.45, 7) is 3.03. The number of aryl methyl sites for hydroxylation is 1. The van der Waals surface area contributed by atoms with Crippen LogP contribution in [0.2, 0.25) is 5.02 Å². The van der Waals surface area contributed by atoms with Gasteiger partial charge in [-0.25, -0.2) is 4.39 Å². The maximum absolute atomic E-state index is 14.1. The Morgan fingerprint density at radius 3 is 2.86 bits per heavy atom. The summed E-state index contributed by atoms with van der Waals surface area (Å²) in [6, 6.07) is 5.34. The van der Waals surface area contributed by atoms with Crippen molar-refractivity contribution in [1.29, 1.82) is 0 Å². The van der Waals surface area contributed by atoms with Crippen molar-refractivity contribution in [3.8, 4) is 0 Å². The number of nitrogens with zero attached hydrogens (tertiary/aromatic N) is 2. The fourth-order valence-electron chi connectivity index (χ4n) is 2.40. The number of rotatable bonds is 7. The summed E-state index contributed by atoms with van der Waals surface area (Å²) in [6.07, 6.45) is 6.33. The number of hydrogen-bond acceptors (Lipinski definition) is 2. The molecule has 114 valence electrons.